The lowest BCUT2D eigenvalue weighted by Gasteiger charge is -2.11. The molecule has 0 aliphatic heterocycles. The van der Waals surface area contributed by atoms with Crippen molar-refractivity contribution >= 4 is 11.9 Å². The van der Waals surface area contributed by atoms with E-state index in [1.807, 2.05) is 6.92 Å². The van der Waals surface area contributed by atoms with Crippen LogP contribution in [-0.2, 0) is 22.5 Å². The Labute approximate surface area is 112 Å². The number of hydrogen-bond acceptors (Lipinski definition) is 5. The number of hydrogen-bond donors (Lipinski definition) is 0. The zero-order chi connectivity index (χ0) is 14.4. The summed E-state index contributed by atoms with van der Waals surface area (Å²) in [6.45, 7) is 4.08. The van der Waals surface area contributed by atoms with Crippen molar-refractivity contribution in [3.05, 3.63) is 11.4 Å². The Kier molecular flexibility index (Phi) is 5.47. The predicted molar refractivity (Wildman–Crippen MR) is 68.7 cm³/mol. The molecule has 0 aliphatic carbocycles. The first-order valence-electron chi connectivity index (χ1n) is 6.30. The third kappa shape index (κ3) is 3.77. The molecule has 0 saturated carbocycles. The quantitative estimate of drug-likeness (QED) is 0.702. The van der Waals surface area contributed by atoms with Gasteiger partial charge in [-0.15, -0.1) is 5.10 Å². The Morgan fingerprint density at radius 1 is 1.32 bits per heavy atom. The molecule has 0 saturated heterocycles. The molecule has 0 atom stereocenters. The summed E-state index contributed by atoms with van der Waals surface area (Å²) in [5, 5.41) is 7.71. The number of nitrogens with zero attached hydrogens (tertiary/aromatic N) is 4. The summed E-state index contributed by atoms with van der Waals surface area (Å²) in [5.74, 6) is -0.591. The molecule has 1 heterocycles. The van der Waals surface area contributed by atoms with Gasteiger partial charge in [0, 0.05) is 14.1 Å². The third-order valence-electron chi connectivity index (χ3n) is 2.58. The van der Waals surface area contributed by atoms with Gasteiger partial charge < -0.3 is 9.64 Å². The number of carbonyl (C=O) groups excluding carboxylic acids is 2. The van der Waals surface area contributed by atoms with Gasteiger partial charge in [0.15, 0.2) is 5.69 Å². The lowest BCUT2D eigenvalue weighted by Crippen LogP contribution is -2.27. The van der Waals surface area contributed by atoms with Crippen molar-refractivity contribution in [2.45, 2.75) is 33.2 Å². The highest BCUT2D eigenvalue weighted by molar-refractivity contribution is 5.88. The number of amides is 1. The Bertz CT molecular complexity index is 454. The number of likely N-dealkylation sites (N-methyl/N-ethyl adjacent to an activating group) is 1. The number of carbonyl (C=O) groups is 2. The van der Waals surface area contributed by atoms with Crippen molar-refractivity contribution in [3.8, 4) is 0 Å². The topological polar surface area (TPSA) is 77.3 Å². The molecule has 0 fully saturated rings. The molecule has 0 aliphatic rings. The van der Waals surface area contributed by atoms with Crippen LogP contribution in [0, 0.1) is 0 Å². The molecule has 1 aromatic heterocycles. The molecule has 7 heteroatoms. The average Bonchev–Trinajstić information content (AvgIpc) is 2.73. The minimum absolute atomic E-state index is 0.0781. The minimum atomic E-state index is -0.491. The van der Waals surface area contributed by atoms with Crippen LogP contribution >= 0.6 is 0 Å². The normalized spacial score (nSPS) is 10.3. The van der Waals surface area contributed by atoms with Gasteiger partial charge in [0.1, 0.15) is 6.54 Å². The van der Waals surface area contributed by atoms with Crippen LogP contribution in [0.4, 0.5) is 0 Å². The highest BCUT2D eigenvalue weighted by Gasteiger charge is 2.21. The highest BCUT2D eigenvalue weighted by atomic mass is 16.5. The van der Waals surface area contributed by atoms with E-state index in [2.05, 4.69) is 10.3 Å². The molecule has 0 unspecified atom stereocenters. The lowest BCUT2D eigenvalue weighted by molar-refractivity contribution is -0.129. The van der Waals surface area contributed by atoms with E-state index in [-0.39, 0.29) is 24.8 Å². The fraction of sp³-hybridized carbons (Fsp3) is 0.667. The number of esters is 1. The molecule has 1 rings (SSSR count). The Morgan fingerprint density at radius 2 is 2.00 bits per heavy atom. The second kappa shape index (κ2) is 6.86. The summed E-state index contributed by atoms with van der Waals surface area (Å²) < 4.78 is 6.40. The second-order valence-electron chi connectivity index (χ2n) is 4.30. The van der Waals surface area contributed by atoms with Crippen molar-refractivity contribution in [1.82, 2.24) is 19.9 Å². The van der Waals surface area contributed by atoms with E-state index >= 15 is 0 Å². The molecule has 19 heavy (non-hydrogen) atoms. The van der Waals surface area contributed by atoms with Crippen LogP contribution in [-0.4, -0.2) is 52.5 Å². The van der Waals surface area contributed by atoms with Gasteiger partial charge >= 0.3 is 5.97 Å². The van der Waals surface area contributed by atoms with Crippen LogP contribution in [0.15, 0.2) is 0 Å². The van der Waals surface area contributed by atoms with E-state index in [0.717, 1.165) is 6.42 Å². The number of ether oxygens (including phenoxy) is 1. The summed E-state index contributed by atoms with van der Waals surface area (Å²) in [6.07, 6.45) is 1.46. The molecule has 0 bridgehead atoms. The molecule has 106 valence electrons. The molecule has 0 radical (unpaired) electrons. The van der Waals surface area contributed by atoms with Crippen LogP contribution in [0.25, 0.3) is 0 Å². The van der Waals surface area contributed by atoms with E-state index < -0.39 is 5.97 Å². The zero-order valence-corrected chi connectivity index (χ0v) is 11.8. The molecular weight excluding hydrogens is 248 g/mol. The lowest BCUT2D eigenvalue weighted by atomic mass is 10.2. The average molecular weight is 268 g/mol. The summed E-state index contributed by atoms with van der Waals surface area (Å²) in [5.41, 5.74) is 0.853. The molecule has 1 aromatic rings. The van der Waals surface area contributed by atoms with Gasteiger partial charge in [-0.3, -0.25) is 4.79 Å². The van der Waals surface area contributed by atoms with Crippen molar-refractivity contribution in [3.63, 3.8) is 0 Å². The van der Waals surface area contributed by atoms with E-state index in [9.17, 15) is 9.59 Å². The Hall–Kier alpha value is -1.92. The number of rotatable bonds is 6. The largest absolute Gasteiger partial charge is 0.461 e. The maximum absolute atomic E-state index is 11.7. The Morgan fingerprint density at radius 3 is 2.53 bits per heavy atom. The zero-order valence-electron chi connectivity index (χ0n) is 11.8. The van der Waals surface area contributed by atoms with Crippen LogP contribution in [0.5, 0.6) is 0 Å². The van der Waals surface area contributed by atoms with Crippen molar-refractivity contribution in [2.24, 2.45) is 0 Å². The van der Waals surface area contributed by atoms with Crippen LogP contribution < -0.4 is 0 Å². The van der Waals surface area contributed by atoms with Gasteiger partial charge in [0.25, 0.3) is 0 Å². The Balaban J connectivity index is 2.99. The molecule has 1 amide bonds. The van der Waals surface area contributed by atoms with E-state index in [1.165, 1.54) is 9.58 Å². The monoisotopic (exact) mass is 268 g/mol. The summed E-state index contributed by atoms with van der Waals surface area (Å²) in [6, 6.07) is 0. The standard InChI is InChI=1S/C12H20N4O3/c1-5-7-9-11(12(18)19-6-2)13-14-16(9)8-10(17)15(3)4/h5-8H2,1-4H3. The second-order valence-corrected chi connectivity index (χ2v) is 4.30. The van der Waals surface area contributed by atoms with Crippen LogP contribution in [0.2, 0.25) is 0 Å². The first-order valence-corrected chi connectivity index (χ1v) is 6.30. The van der Waals surface area contributed by atoms with E-state index in [0.29, 0.717) is 12.1 Å². The van der Waals surface area contributed by atoms with E-state index in [4.69, 9.17) is 4.74 Å². The van der Waals surface area contributed by atoms with Gasteiger partial charge in [0.2, 0.25) is 5.91 Å². The summed E-state index contributed by atoms with van der Waals surface area (Å²) >= 11 is 0. The third-order valence-corrected chi connectivity index (χ3v) is 2.58. The molecular formula is C12H20N4O3. The fourth-order valence-corrected chi connectivity index (χ4v) is 1.57. The smallest absolute Gasteiger partial charge is 0.360 e. The number of aromatic nitrogens is 3. The van der Waals surface area contributed by atoms with Gasteiger partial charge in [0.05, 0.1) is 12.3 Å². The summed E-state index contributed by atoms with van der Waals surface area (Å²) in [4.78, 5) is 24.9. The molecule has 0 N–H and O–H groups in total. The van der Waals surface area contributed by atoms with Crippen LogP contribution in [0.1, 0.15) is 36.5 Å². The minimum Gasteiger partial charge on any atom is -0.461 e. The van der Waals surface area contributed by atoms with Gasteiger partial charge in [-0.1, -0.05) is 18.6 Å². The first-order chi connectivity index (χ1) is 9.01. The maximum atomic E-state index is 11.7. The van der Waals surface area contributed by atoms with Gasteiger partial charge in [-0.2, -0.15) is 0 Å². The van der Waals surface area contributed by atoms with Crippen LogP contribution in [0.3, 0.4) is 0 Å². The SMILES string of the molecule is CCCc1c(C(=O)OCC)nnn1CC(=O)N(C)C. The fourth-order valence-electron chi connectivity index (χ4n) is 1.57. The van der Waals surface area contributed by atoms with Crippen molar-refractivity contribution < 1.29 is 14.3 Å². The van der Waals surface area contributed by atoms with Gasteiger partial charge in [-0.05, 0) is 13.3 Å². The highest BCUT2D eigenvalue weighted by Crippen LogP contribution is 2.10. The summed E-state index contributed by atoms with van der Waals surface area (Å²) in [7, 11) is 3.34. The van der Waals surface area contributed by atoms with Crippen molar-refractivity contribution in [1.29, 1.82) is 0 Å². The van der Waals surface area contributed by atoms with E-state index in [1.54, 1.807) is 21.0 Å². The van der Waals surface area contributed by atoms with Crippen molar-refractivity contribution in [2.75, 3.05) is 20.7 Å². The molecule has 0 spiro atoms. The first kappa shape index (κ1) is 15.1. The predicted octanol–water partition coefficient (Wildman–Crippen LogP) is 0.496. The molecule has 0 aromatic carbocycles. The maximum Gasteiger partial charge on any atom is 0.360 e. The molecule has 7 nitrogen and oxygen atoms in total. The van der Waals surface area contributed by atoms with Gasteiger partial charge in [-0.25, -0.2) is 9.48 Å².